The van der Waals surface area contributed by atoms with Gasteiger partial charge in [-0.1, -0.05) is 20.3 Å². The Labute approximate surface area is 132 Å². The van der Waals surface area contributed by atoms with Crippen molar-refractivity contribution in [2.24, 2.45) is 5.41 Å². The summed E-state index contributed by atoms with van der Waals surface area (Å²) in [4.78, 5) is 14.4. The Balaban J connectivity index is 1.66. The molecule has 1 saturated carbocycles. The molecule has 120 valence electrons. The number of urea groups is 1. The number of nitrogens with one attached hydrogen (secondary N) is 2. The Kier molecular flexibility index (Phi) is 3.89. The van der Waals surface area contributed by atoms with Crippen molar-refractivity contribution < 1.29 is 9.53 Å². The molecule has 1 fully saturated rings. The van der Waals surface area contributed by atoms with E-state index in [0.717, 1.165) is 30.1 Å². The first-order valence-corrected chi connectivity index (χ1v) is 8.01. The molecule has 2 amide bonds. The number of anilines is 2. The molecule has 0 radical (unpaired) electrons. The molecular formula is C17H25N3O2. The molecule has 0 bridgehead atoms. The van der Waals surface area contributed by atoms with E-state index in [-0.39, 0.29) is 17.5 Å². The van der Waals surface area contributed by atoms with Gasteiger partial charge in [-0.2, -0.15) is 0 Å². The first kappa shape index (κ1) is 15.0. The lowest BCUT2D eigenvalue weighted by Gasteiger charge is -2.29. The maximum atomic E-state index is 12.2. The van der Waals surface area contributed by atoms with Gasteiger partial charge in [0.25, 0.3) is 0 Å². The second-order valence-corrected chi connectivity index (χ2v) is 6.98. The minimum atomic E-state index is -0.126. The Hall–Kier alpha value is -1.91. The molecule has 5 heteroatoms. The molecule has 1 atom stereocenters. The van der Waals surface area contributed by atoms with Crippen molar-refractivity contribution in [2.75, 3.05) is 30.4 Å². The molecule has 22 heavy (non-hydrogen) atoms. The molecule has 0 spiro atoms. The fourth-order valence-corrected chi connectivity index (χ4v) is 3.35. The number of carbonyl (C=O) groups is 1. The quantitative estimate of drug-likeness (QED) is 0.882. The normalized spacial score (nSPS) is 22.7. The monoisotopic (exact) mass is 303 g/mol. The van der Waals surface area contributed by atoms with Gasteiger partial charge in [0, 0.05) is 18.8 Å². The number of benzene rings is 1. The number of fused-ring (bicyclic) bond motifs is 1. The zero-order valence-corrected chi connectivity index (χ0v) is 13.6. The minimum absolute atomic E-state index is 0.126. The summed E-state index contributed by atoms with van der Waals surface area (Å²) in [6.45, 7) is 6.00. The number of carbonyl (C=O) groups excluding carboxylic acids is 1. The van der Waals surface area contributed by atoms with E-state index >= 15 is 0 Å². The third-order valence-electron chi connectivity index (χ3n) is 4.87. The summed E-state index contributed by atoms with van der Waals surface area (Å²) in [5.41, 5.74) is 2.00. The second-order valence-electron chi connectivity index (χ2n) is 6.98. The van der Waals surface area contributed by atoms with Crippen LogP contribution >= 0.6 is 0 Å². The Morgan fingerprint density at radius 3 is 2.95 bits per heavy atom. The SMILES string of the molecule is CN1CCOc2ccc(NC(=O)NC3CCCC3(C)C)cc21. The lowest BCUT2D eigenvalue weighted by molar-refractivity contribution is 0.233. The van der Waals surface area contributed by atoms with Crippen molar-refractivity contribution in [3.63, 3.8) is 0 Å². The minimum Gasteiger partial charge on any atom is -0.490 e. The first-order valence-electron chi connectivity index (χ1n) is 8.01. The Morgan fingerprint density at radius 1 is 1.41 bits per heavy atom. The van der Waals surface area contributed by atoms with Gasteiger partial charge in [-0.25, -0.2) is 4.79 Å². The van der Waals surface area contributed by atoms with Gasteiger partial charge in [0.05, 0.1) is 12.2 Å². The van der Waals surface area contributed by atoms with Crippen LogP contribution in [0.2, 0.25) is 0 Å². The maximum Gasteiger partial charge on any atom is 0.319 e. The van der Waals surface area contributed by atoms with Crippen LogP contribution < -0.4 is 20.3 Å². The largest absolute Gasteiger partial charge is 0.490 e. The van der Waals surface area contributed by atoms with Crippen LogP contribution in [0.5, 0.6) is 5.75 Å². The van der Waals surface area contributed by atoms with Gasteiger partial charge in [-0.15, -0.1) is 0 Å². The average molecular weight is 303 g/mol. The van der Waals surface area contributed by atoms with E-state index in [1.54, 1.807) is 0 Å². The fraction of sp³-hybridized carbons (Fsp3) is 0.588. The smallest absolute Gasteiger partial charge is 0.319 e. The van der Waals surface area contributed by atoms with Crippen molar-refractivity contribution in [1.29, 1.82) is 0 Å². The van der Waals surface area contributed by atoms with E-state index in [1.807, 2.05) is 25.2 Å². The zero-order chi connectivity index (χ0) is 15.7. The molecule has 1 unspecified atom stereocenters. The molecule has 2 aliphatic rings. The van der Waals surface area contributed by atoms with Gasteiger partial charge in [0.15, 0.2) is 0 Å². The number of rotatable bonds is 2. The number of hydrogen-bond donors (Lipinski definition) is 2. The molecule has 1 heterocycles. The van der Waals surface area contributed by atoms with Crippen LogP contribution in [0.3, 0.4) is 0 Å². The highest BCUT2D eigenvalue weighted by Crippen LogP contribution is 2.37. The van der Waals surface area contributed by atoms with E-state index in [9.17, 15) is 4.79 Å². The van der Waals surface area contributed by atoms with Gasteiger partial charge in [-0.05, 0) is 36.5 Å². The lowest BCUT2D eigenvalue weighted by atomic mass is 9.87. The van der Waals surface area contributed by atoms with Crippen molar-refractivity contribution in [2.45, 2.75) is 39.2 Å². The van der Waals surface area contributed by atoms with Crippen molar-refractivity contribution in [3.05, 3.63) is 18.2 Å². The third kappa shape index (κ3) is 2.98. The molecule has 1 aromatic carbocycles. The molecule has 5 nitrogen and oxygen atoms in total. The van der Waals surface area contributed by atoms with Crippen molar-refractivity contribution in [3.8, 4) is 5.75 Å². The molecule has 1 aliphatic carbocycles. The Morgan fingerprint density at radius 2 is 2.23 bits per heavy atom. The lowest BCUT2D eigenvalue weighted by Crippen LogP contribution is -2.43. The van der Waals surface area contributed by atoms with Gasteiger partial charge in [-0.3, -0.25) is 0 Å². The van der Waals surface area contributed by atoms with Crippen LogP contribution in [-0.4, -0.2) is 32.3 Å². The third-order valence-corrected chi connectivity index (χ3v) is 4.87. The highest BCUT2D eigenvalue weighted by Gasteiger charge is 2.35. The average Bonchev–Trinajstić information content (AvgIpc) is 2.79. The van der Waals surface area contributed by atoms with Crippen LogP contribution in [-0.2, 0) is 0 Å². The van der Waals surface area contributed by atoms with Gasteiger partial charge < -0.3 is 20.3 Å². The van der Waals surface area contributed by atoms with Gasteiger partial charge >= 0.3 is 6.03 Å². The van der Waals surface area contributed by atoms with E-state index in [2.05, 4.69) is 29.4 Å². The fourth-order valence-electron chi connectivity index (χ4n) is 3.35. The Bertz CT molecular complexity index is 571. The van der Waals surface area contributed by atoms with E-state index in [0.29, 0.717) is 6.61 Å². The summed E-state index contributed by atoms with van der Waals surface area (Å²) in [6.07, 6.45) is 3.40. The predicted molar refractivity (Wildman–Crippen MR) is 88.8 cm³/mol. The molecule has 2 N–H and O–H groups in total. The maximum absolute atomic E-state index is 12.2. The van der Waals surface area contributed by atoms with Crippen LogP contribution in [0.25, 0.3) is 0 Å². The number of amides is 2. The van der Waals surface area contributed by atoms with Gasteiger partial charge in [0.2, 0.25) is 0 Å². The highest BCUT2D eigenvalue weighted by molar-refractivity contribution is 5.90. The summed E-state index contributed by atoms with van der Waals surface area (Å²) < 4.78 is 5.62. The number of ether oxygens (including phenoxy) is 1. The topological polar surface area (TPSA) is 53.6 Å². The molecule has 0 aromatic heterocycles. The van der Waals surface area contributed by atoms with Crippen molar-refractivity contribution in [1.82, 2.24) is 5.32 Å². The number of nitrogens with zero attached hydrogens (tertiary/aromatic N) is 1. The molecule has 3 rings (SSSR count). The molecular weight excluding hydrogens is 278 g/mol. The second kappa shape index (κ2) is 5.71. The van der Waals surface area contributed by atoms with Crippen molar-refractivity contribution >= 4 is 17.4 Å². The standard InChI is InChI=1S/C17H25N3O2/c1-17(2)8-4-5-15(17)19-16(21)18-12-6-7-14-13(11-12)20(3)9-10-22-14/h6-7,11,15H,4-5,8-10H2,1-3H3,(H2,18,19,21). The summed E-state index contributed by atoms with van der Waals surface area (Å²) in [7, 11) is 2.03. The summed E-state index contributed by atoms with van der Waals surface area (Å²) in [6, 6.07) is 5.89. The summed E-state index contributed by atoms with van der Waals surface area (Å²) >= 11 is 0. The summed E-state index contributed by atoms with van der Waals surface area (Å²) in [5.74, 6) is 0.872. The van der Waals surface area contributed by atoms with Gasteiger partial charge in [0.1, 0.15) is 12.4 Å². The van der Waals surface area contributed by atoms with E-state index < -0.39 is 0 Å². The zero-order valence-electron chi connectivity index (χ0n) is 13.6. The van der Waals surface area contributed by atoms with Crippen LogP contribution in [0.15, 0.2) is 18.2 Å². The van der Waals surface area contributed by atoms with E-state index in [1.165, 1.54) is 12.8 Å². The van der Waals surface area contributed by atoms with Crippen LogP contribution in [0.1, 0.15) is 33.1 Å². The summed E-state index contributed by atoms with van der Waals surface area (Å²) in [5, 5.41) is 6.06. The first-order chi connectivity index (χ1) is 10.5. The predicted octanol–water partition coefficient (Wildman–Crippen LogP) is 3.22. The highest BCUT2D eigenvalue weighted by atomic mass is 16.5. The number of likely N-dealkylation sites (N-methyl/N-ethyl adjacent to an activating group) is 1. The van der Waals surface area contributed by atoms with E-state index in [4.69, 9.17) is 4.74 Å². The number of hydrogen-bond acceptors (Lipinski definition) is 3. The molecule has 1 aliphatic heterocycles. The molecule has 1 aromatic rings. The molecule has 0 saturated heterocycles. The van der Waals surface area contributed by atoms with Crippen LogP contribution in [0.4, 0.5) is 16.2 Å². The van der Waals surface area contributed by atoms with Crippen LogP contribution in [0, 0.1) is 5.41 Å².